The summed E-state index contributed by atoms with van der Waals surface area (Å²) >= 11 is 0. The lowest BCUT2D eigenvalue weighted by molar-refractivity contribution is -0.121. The van der Waals surface area contributed by atoms with Gasteiger partial charge >= 0.3 is 0 Å². The van der Waals surface area contributed by atoms with Gasteiger partial charge in [-0.2, -0.15) is 0 Å². The van der Waals surface area contributed by atoms with Crippen LogP contribution in [0.2, 0.25) is 0 Å². The summed E-state index contributed by atoms with van der Waals surface area (Å²) in [6, 6.07) is 7.24. The minimum Gasteiger partial charge on any atom is -0.396 e. The van der Waals surface area contributed by atoms with Gasteiger partial charge in [0.05, 0.1) is 0 Å². The van der Waals surface area contributed by atoms with Gasteiger partial charge in [-0.1, -0.05) is 38.6 Å². The second-order valence-electron chi connectivity index (χ2n) is 6.66. The Morgan fingerprint density at radius 3 is 2.57 bits per heavy atom. The summed E-state index contributed by atoms with van der Waals surface area (Å²) in [6.45, 7) is 8.53. The van der Waals surface area contributed by atoms with Gasteiger partial charge in [0.15, 0.2) is 0 Å². The molecule has 0 atom stereocenters. The highest BCUT2D eigenvalue weighted by atomic mass is 16.3. The predicted molar refractivity (Wildman–Crippen MR) is 89.6 cm³/mol. The zero-order valence-corrected chi connectivity index (χ0v) is 13.8. The summed E-state index contributed by atoms with van der Waals surface area (Å²) in [5.74, 6) is -0.378. The topological polar surface area (TPSA) is 69.6 Å². The number of carbonyl (C=O) groups excluding carboxylic acids is 2. The Hall–Kier alpha value is -2.14. The predicted octanol–water partition coefficient (Wildman–Crippen LogP) is 2.03. The molecule has 0 unspecified atom stereocenters. The summed E-state index contributed by atoms with van der Waals surface area (Å²) < 4.78 is 0. The van der Waals surface area contributed by atoms with E-state index in [4.69, 9.17) is 0 Å². The first-order chi connectivity index (χ1) is 10.9. The number of nitrogens with one attached hydrogen (secondary N) is 1. The number of hydrogen-bond acceptors (Lipinski definition) is 3. The molecule has 2 rings (SSSR count). The highest BCUT2D eigenvalue weighted by molar-refractivity contribution is 6.10. The van der Waals surface area contributed by atoms with Crippen LogP contribution in [-0.2, 0) is 4.79 Å². The molecule has 0 aromatic heterocycles. The average Bonchev–Trinajstić information content (AvgIpc) is 2.77. The second-order valence-corrected chi connectivity index (χ2v) is 6.66. The Balaban J connectivity index is 1.83. The molecule has 1 aromatic rings. The first-order valence-corrected chi connectivity index (χ1v) is 7.83. The third-order valence-corrected chi connectivity index (χ3v) is 4.12. The van der Waals surface area contributed by atoms with Crippen LogP contribution in [0.1, 0.15) is 42.6 Å². The van der Waals surface area contributed by atoms with Crippen molar-refractivity contribution in [2.75, 3.05) is 19.7 Å². The summed E-state index contributed by atoms with van der Waals surface area (Å²) in [7, 11) is 0. The van der Waals surface area contributed by atoms with Crippen LogP contribution in [0.25, 0.3) is 5.70 Å². The lowest BCUT2D eigenvalue weighted by atomic mass is 9.89. The van der Waals surface area contributed by atoms with E-state index in [1.807, 2.05) is 26.0 Å². The molecule has 1 aliphatic rings. The largest absolute Gasteiger partial charge is 0.396 e. The summed E-state index contributed by atoms with van der Waals surface area (Å²) in [5.41, 5.74) is 1.82. The fraction of sp³-hybridized carbons (Fsp3) is 0.444. The van der Waals surface area contributed by atoms with Gasteiger partial charge in [0.2, 0.25) is 5.91 Å². The van der Waals surface area contributed by atoms with E-state index < -0.39 is 0 Å². The zero-order chi connectivity index (χ0) is 17.0. The highest BCUT2D eigenvalue weighted by Gasteiger charge is 2.31. The van der Waals surface area contributed by atoms with Crippen molar-refractivity contribution >= 4 is 17.5 Å². The average molecular weight is 316 g/mol. The van der Waals surface area contributed by atoms with Crippen LogP contribution in [0.15, 0.2) is 30.8 Å². The fourth-order valence-electron chi connectivity index (χ4n) is 2.58. The Kier molecular flexibility index (Phi) is 5.21. The Labute approximate surface area is 137 Å². The summed E-state index contributed by atoms with van der Waals surface area (Å²) in [5, 5.41) is 12.0. The summed E-state index contributed by atoms with van der Waals surface area (Å²) in [4.78, 5) is 25.8. The van der Waals surface area contributed by atoms with Crippen LogP contribution in [0.4, 0.5) is 0 Å². The van der Waals surface area contributed by atoms with E-state index >= 15 is 0 Å². The van der Waals surface area contributed by atoms with Gasteiger partial charge in [-0.15, -0.1) is 0 Å². The Morgan fingerprint density at radius 2 is 1.96 bits per heavy atom. The maximum Gasteiger partial charge on any atom is 0.259 e. The first-order valence-electron chi connectivity index (χ1n) is 7.83. The second kappa shape index (κ2) is 6.96. The van der Waals surface area contributed by atoms with E-state index in [2.05, 4.69) is 11.9 Å². The monoisotopic (exact) mass is 316 g/mol. The Morgan fingerprint density at radius 1 is 1.30 bits per heavy atom. The van der Waals surface area contributed by atoms with Crippen molar-refractivity contribution in [3.8, 4) is 0 Å². The molecule has 0 spiro atoms. The molecule has 0 saturated heterocycles. The number of rotatable bonds is 7. The summed E-state index contributed by atoms with van der Waals surface area (Å²) in [6.07, 6.45) is 1.61. The van der Waals surface area contributed by atoms with Crippen LogP contribution in [0, 0.1) is 5.41 Å². The lowest BCUT2D eigenvalue weighted by Crippen LogP contribution is -2.37. The lowest BCUT2D eigenvalue weighted by Gasteiger charge is -2.21. The molecule has 23 heavy (non-hydrogen) atoms. The number of nitrogens with zero attached hydrogens (tertiary/aromatic N) is 1. The number of carbonyl (C=O) groups is 2. The van der Waals surface area contributed by atoms with Gasteiger partial charge in [0.25, 0.3) is 5.91 Å². The van der Waals surface area contributed by atoms with Crippen molar-refractivity contribution < 1.29 is 14.7 Å². The van der Waals surface area contributed by atoms with E-state index in [0.717, 1.165) is 18.4 Å². The van der Waals surface area contributed by atoms with E-state index in [1.54, 1.807) is 12.1 Å². The van der Waals surface area contributed by atoms with Crippen molar-refractivity contribution in [2.45, 2.75) is 26.7 Å². The molecule has 1 aromatic carbocycles. The van der Waals surface area contributed by atoms with Gasteiger partial charge in [-0.05, 0) is 24.3 Å². The van der Waals surface area contributed by atoms with Crippen LogP contribution < -0.4 is 5.32 Å². The molecule has 2 N–H and O–H groups in total. The maximum absolute atomic E-state index is 12.3. The van der Waals surface area contributed by atoms with Gasteiger partial charge in [0.1, 0.15) is 6.54 Å². The van der Waals surface area contributed by atoms with Crippen LogP contribution >= 0.6 is 0 Å². The standard InChI is InChI=1S/C18H24N2O3/c1-13-14-7-4-5-8-15(14)17(23)20(13)11-16(22)19-10-6-9-18(2,3)12-21/h4-5,7-8,21H,1,6,9-12H2,2-3H3,(H,19,22). The molecule has 0 aliphatic carbocycles. The molecule has 0 bridgehead atoms. The molecule has 1 heterocycles. The number of aliphatic hydroxyl groups excluding tert-OH is 1. The molecule has 0 radical (unpaired) electrons. The van der Waals surface area contributed by atoms with Crippen LogP contribution in [-0.4, -0.2) is 41.5 Å². The van der Waals surface area contributed by atoms with E-state index in [9.17, 15) is 14.7 Å². The molecule has 5 heteroatoms. The molecular formula is C18H24N2O3. The van der Waals surface area contributed by atoms with Crippen molar-refractivity contribution in [1.29, 1.82) is 0 Å². The molecule has 5 nitrogen and oxygen atoms in total. The smallest absolute Gasteiger partial charge is 0.259 e. The number of hydrogen-bond donors (Lipinski definition) is 2. The zero-order valence-electron chi connectivity index (χ0n) is 13.8. The number of benzene rings is 1. The number of amides is 2. The first kappa shape index (κ1) is 17.2. The minimum absolute atomic E-state index is 0.0181. The third kappa shape index (κ3) is 3.99. The maximum atomic E-state index is 12.3. The van der Waals surface area contributed by atoms with Crippen molar-refractivity contribution in [1.82, 2.24) is 10.2 Å². The molecule has 2 amide bonds. The number of aliphatic hydroxyl groups is 1. The van der Waals surface area contributed by atoms with Gasteiger partial charge in [-0.3, -0.25) is 14.5 Å². The molecular weight excluding hydrogens is 292 g/mol. The molecule has 1 aliphatic heterocycles. The van der Waals surface area contributed by atoms with E-state index in [1.165, 1.54) is 4.90 Å². The Bertz CT molecular complexity index is 587. The van der Waals surface area contributed by atoms with Crippen molar-refractivity contribution in [3.63, 3.8) is 0 Å². The van der Waals surface area contributed by atoms with Gasteiger partial charge in [-0.25, -0.2) is 0 Å². The van der Waals surface area contributed by atoms with E-state index in [-0.39, 0.29) is 30.4 Å². The quantitative estimate of drug-likeness (QED) is 0.756. The third-order valence-electron chi connectivity index (χ3n) is 4.12. The van der Waals surface area contributed by atoms with E-state index in [0.29, 0.717) is 17.8 Å². The highest BCUT2D eigenvalue weighted by Crippen LogP contribution is 2.30. The van der Waals surface area contributed by atoms with Gasteiger partial charge < -0.3 is 10.4 Å². The molecule has 0 saturated carbocycles. The number of fused-ring (bicyclic) bond motifs is 1. The molecule has 124 valence electrons. The SMILES string of the molecule is C=C1c2ccccc2C(=O)N1CC(=O)NCCCC(C)(C)CO. The van der Waals surface area contributed by atoms with Crippen molar-refractivity contribution in [2.24, 2.45) is 5.41 Å². The van der Waals surface area contributed by atoms with Crippen molar-refractivity contribution in [3.05, 3.63) is 42.0 Å². The fourth-order valence-corrected chi connectivity index (χ4v) is 2.58. The molecule has 0 fully saturated rings. The normalized spacial score (nSPS) is 14.1. The minimum atomic E-state index is -0.200. The van der Waals surface area contributed by atoms with Crippen LogP contribution in [0.3, 0.4) is 0 Å². The van der Waals surface area contributed by atoms with Crippen LogP contribution in [0.5, 0.6) is 0 Å². The van der Waals surface area contributed by atoms with Gasteiger partial charge in [0, 0.05) is 30.0 Å².